The van der Waals surface area contributed by atoms with Crippen LogP contribution in [0.15, 0.2) is 36.8 Å². The molecular weight excluding hydrogens is 324 g/mol. The Bertz CT molecular complexity index is 890. The fourth-order valence-electron chi connectivity index (χ4n) is 2.49. The molecule has 25 heavy (non-hydrogen) atoms. The minimum Gasteiger partial charge on any atom is -0.508 e. The number of benzene rings is 1. The predicted octanol–water partition coefficient (Wildman–Crippen LogP) is 3.28. The van der Waals surface area contributed by atoms with Gasteiger partial charge in [-0.1, -0.05) is 6.92 Å². The lowest BCUT2D eigenvalue weighted by Crippen LogP contribution is -2.10. The molecule has 130 valence electrons. The van der Waals surface area contributed by atoms with E-state index in [4.69, 9.17) is 9.47 Å². The summed E-state index contributed by atoms with van der Waals surface area (Å²) in [6.45, 7) is 3.90. The van der Waals surface area contributed by atoms with E-state index in [-0.39, 0.29) is 12.4 Å². The van der Waals surface area contributed by atoms with Crippen molar-refractivity contribution >= 4 is 23.2 Å². The van der Waals surface area contributed by atoms with Gasteiger partial charge in [-0.3, -0.25) is 0 Å². The summed E-state index contributed by atoms with van der Waals surface area (Å²) in [7, 11) is 0. The van der Waals surface area contributed by atoms with Crippen molar-refractivity contribution in [3.63, 3.8) is 0 Å². The number of nitrogens with zero attached hydrogens (tertiary/aromatic N) is 3. The molecule has 3 aromatic rings. The number of hydrogen-bond donors (Lipinski definition) is 2. The van der Waals surface area contributed by atoms with Crippen LogP contribution in [-0.2, 0) is 11.2 Å². The van der Waals surface area contributed by atoms with Gasteiger partial charge in [0.1, 0.15) is 17.6 Å². The average Bonchev–Trinajstić information content (AvgIpc) is 2.95. The molecule has 0 fully saturated rings. The third-order valence-electron chi connectivity index (χ3n) is 3.58. The average molecular weight is 342 g/mol. The molecule has 0 radical (unpaired) electrons. The Morgan fingerprint density at radius 1 is 1.28 bits per heavy atom. The summed E-state index contributed by atoms with van der Waals surface area (Å²) in [6, 6.07) is 6.63. The first kappa shape index (κ1) is 16.6. The topological polar surface area (TPSA) is 98.0 Å². The van der Waals surface area contributed by atoms with Crippen molar-refractivity contribution in [1.29, 1.82) is 0 Å². The largest absolute Gasteiger partial charge is 0.513 e. The smallest absolute Gasteiger partial charge is 0.508 e. The van der Waals surface area contributed by atoms with Crippen LogP contribution in [0.25, 0.3) is 5.52 Å². The molecule has 0 saturated carbocycles. The zero-order chi connectivity index (χ0) is 17.8. The van der Waals surface area contributed by atoms with E-state index >= 15 is 0 Å². The number of rotatable bonds is 5. The highest BCUT2D eigenvalue weighted by atomic mass is 16.7. The van der Waals surface area contributed by atoms with E-state index in [1.54, 1.807) is 41.9 Å². The van der Waals surface area contributed by atoms with Crippen LogP contribution in [0.2, 0.25) is 0 Å². The second kappa shape index (κ2) is 7.08. The third kappa shape index (κ3) is 3.47. The predicted molar refractivity (Wildman–Crippen MR) is 91.4 cm³/mol. The number of phenols is 1. The molecule has 0 aliphatic heterocycles. The second-order valence-electron chi connectivity index (χ2n) is 5.18. The zero-order valence-corrected chi connectivity index (χ0v) is 13.9. The Kier molecular flexibility index (Phi) is 4.69. The molecule has 0 amide bonds. The molecule has 0 bridgehead atoms. The molecule has 2 N–H and O–H groups in total. The minimum atomic E-state index is -0.755. The summed E-state index contributed by atoms with van der Waals surface area (Å²) in [4.78, 5) is 15.9. The molecule has 1 aromatic carbocycles. The highest BCUT2D eigenvalue weighted by Crippen LogP contribution is 2.31. The van der Waals surface area contributed by atoms with E-state index in [2.05, 4.69) is 15.4 Å². The molecule has 0 atom stereocenters. The molecule has 2 aromatic heterocycles. The van der Waals surface area contributed by atoms with Crippen LogP contribution in [0.4, 0.5) is 16.3 Å². The number of carbonyl (C=O) groups excluding carboxylic acids is 1. The van der Waals surface area contributed by atoms with E-state index in [9.17, 15) is 9.90 Å². The molecule has 0 aliphatic rings. The van der Waals surface area contributed by atoms with Crippen LogP contribution in [0.3, 0.4) is 0 Å². The van der Waals surface area contributed by atoms with Crippen LogP contribution in [0.1, 0.15) is 19.4 Å². The molecule has 2 heterocycles. The van der Waals surface area contributed by atoms with Crippen molar-refractivity contribution in [2.45, 2.75) is 20.3 Å². The third-order valence-corrected chi connectivity index (χ3v) is 3.58. The maximum Gasteiger partial charge on any atom is 0.513 e. The van der Waals surface area contributed by atoms with Gasteiger partial charge in [-0.25, -0.2) is 14.3 Å². The number of aromatic hydroxyl groups is 1. The maximum atomic E-state index is 11.6. The summed E-state index contributed by atoms with van der Waals surface area (Å²) in [5, 5.41) is 16.7. The first-order valence-electron chi connectivity index (χ1n) is 7.88. The van der Waals surface area contributed by atoms with E-state index in [0.717, 1.165) is 11.3 Å². The van der Waals surface area contributed by atoms with Crippen molar-refractivity contribution in [1.82, 2.24) is 14.6 Å². The summed E-state index contributed by atoms with van der Waals surface area (Å²) in [5.74, 6) is 1.13. The van der Waals surface area contributed by atoms with Crippen LogP contribution >= 0.6 is 0 Å². The van der Waals surface area contributed by atoms with Crippen molar-refractivity contribution in [3.05, 3.63) is 42.4 Å². The van der Waals surface area contributed by atoms with Gasteiger partial charge in [0.25, 0.3) is 0 Å². The molecule has 8 nitrogen and oxygen atoms in total. The van der Waals surface area contributed by atoms with Crippen molar-refractivity contribution in [2.75, 3.05) is 11.9 Å². The normalized spacial score (nSPS) is 10.6. The van der Waals surface area contributed by atoms with E-state index in [1.165, 1.54) is 6.33 Å². The van der Waals surface area contributed by atoms with Gasteiger partial charge in [0.05, 0.1) is 12.8 Å². The molecule has 0 spiro atoms. The number of aryl methyl sites for hydroxylation is 1. The fraction of sp³-hybridized carbons (Fsp3) is 0.235. The van der Waals surface area contributed by atoms with Crippen LogP contribution in [0, 0.1) is 0 Å². The number of aromatic nitrogens is 3. The molecule has 8 heteroatoms. The Hall–Kier alpha value is -3.29. The van der Waals surface area contributed by atoms with Gasteiger partial charge in [-0.2, -0.15) is 5.10 Å². The Morgan fingerprint density at radius 3 is 2.72 bits per heavy atom. The molecule has 0 aliphatic carbocycles. The van der Waals surface area contributed by atoms with Crippen molar-refractivity contribution in [3.8, 4) is 11.5 Å². The van der Waals surface area contributed by atoms with Gasteiger partial charge in [0.15, 0.2) is 11.6 Å². The van der Waals surface area contributed by atoms with E-state index in [1.807, 2.05) is 6.92 Å². The van der Waals surface area contributed by atoms with Gasteiger partial charge in [-0.15, -0.1) is 0 Å². The summed E-state index contributed by atoms with van der Waals surface area (Å²) in [6.07, 6.45) is 2.88. The van der Waals surface area contributed by atoms with Gasteiger partial charge in [-0.05, 0) is 37.6 Å². The minimum absolute atomic E-state index is 0.181. The van der Waals surface area contributed by atoms with Crippen LogP contribution in [-0.4, -0.2) is 32.5 Å². The summed E-state index contributed by atoms with van der Waals surface area (Å²) >= 11 is 0. The number of anilines is 2. The lowest BCUT2D eigenvalue weighted by molar-refractivity contribution is 0.104. The number of hydrogen-bond acceptors (Lipinski definition) is 7. The van der Waals surface area contributed by atoms with E-state index in [0.29, 0.717) is 23.5 Å². The molecule has 3 rings (SSSR count). The number of phenolic OH excluding ortho intramolecular Hbond substituents is 1. The quantitative estimate of drug-likeness (QED) is 0.542. The van der Waals surface area contributed by atoms with Gasteiger partial charge in [0, 0.05) is 11.3 Å². The Balaban J connectivity index is 2.00. The summed E-state index contributed by atoms with van der Waals surface area (Å²) in [5.41, 5.74) is 2.25. The second-order valence-corrected chi connectivity index (χ2v) is 5.18. The van der Waals surface area contributed by atoms with E-state index < -0.39 is 6.16 Å². The number of ether oxygens (including phenoxy) is 2. The van der Waals surface area contributed by atoms with Gasteiger partial charge < -0.3 is 19.9 Å². The maximum absolute atomic E-state index is 11.6. The first-order chi connectivity index (χ1) is 12.1. The van der Waals surface area contributed by atoms with Gasteiger partial charge >= 0.3 is 6.16 Å². The molecule has 0 unspecified atom stereocenters. The Labute approximate surface area is 144 Å². The lowest BCUT2D eigenvalue weighted by atomic mass is 10.2. The number of carbonyl (C=O) groups is 1. The number of nitrogens with one attached hydrogen (secondary N) is 1. The van der Waals surface area contributed by atoms with Gasteiger partial charge in [0.2, 0.25) is 0 Å². The molecule has 0 saturated heterocycles. The highest BCUT2D eigenvalue weighted by Gasteiger charge is 2.18. The van der Waals surface area contributed by atoms with Crippen molar-refractivity contribution < 1.29 is 19.4 Å². The Morgan fingerprint density at radius 2 is 2.04 bits per heavy atom. The standard InChI is InChI=1S/C17H18N4O4/c1-3-13-14(25-17(23)24-4-2)9-21-15(13)16(18-10-19-21)20-11-5-7-12(22)8-6-11/h5-10,22H,3-4H2,1-2H3,(H,18,19,20). The molecular formula is C17H18N4O4. The van der Waals surface area contributed by atoms with Crippen molar-refractivity contribution in [2.24, 2.45) is 0 Å². The van der Waals surface area contributed by atoms with Crippen LogP contribution < -0.4 is 10.1 Å². The first-order valence-corrected chi connectivity index (χ1v) is 7.88. The summed E-state index contributed by atoms with van der Waals surface area (Å²) < 4.78 is 11.7. The SMILES string of the molecule is CCOC(=O)Oc1cn2ncnc(Nc3ccc(O)cc3)c2c1CC. The fourth-order valence-corrected chi connectivity index (χ4v) is 2.49. The highest BCUT2D eigenvalue weighted by molar-refractivity contribution is 5.80. The monoisotopic (exact) mass is 342 g/mol. The number of fused-ring (bicyclic) bond motifs is 1. The lowest BCUT2D eigenvalue weighted by Gasteiger charge is -2.08. The zero-order valence-electron chi connectivity index (χ0n) is 13.9. The van der Waals surface area contributed by atoms with Crippen LogP contribution in [0.5, 0.6) is 11.5 Å².